The molecule has 0 heterocycles. The zero-order chi connectivity index (χ0) is 40.2. The van der Waals surface area contributed by atoms with Crippen molar-refractivity contribution in [2.24, 2.45) is 33.5 Å². The van der Waals surface area contributed by atoms with Gasteiger partial charge in [0.1, 0.15) is 0 Å². The third-order valence-corrected chi connectivity index (χ3v) is 15.8. The van der Waals surface area contributed by atoms with Gasteiger partial charge in [0.05, 0.1) is 31.0 Å². The van der Waals surface area contributed by atoms with Crippen LogP contribution in [0.1, 0.15) is 80.3 Å². The van der Waals surface area contributed by atoms with Crippen molar-refractivity contribution >= 4 is 5.78 Å². The first-order valence-electron chi connectivity index (χ1n) is 21.6. The maximum atomic E-state index is 15.5. The number of fused-ring (bicyclic) bond motifs is 1. The van der Waals surface area contributed by atoms with Crippen molar-refractivity contribution in [1.82, 2.24) is 4.90 Å². The van der Waals surface area contributed by atoms with Crippen LogP contribution in [0.3, 0.4) is 0 Å². The second-order valence-corrected chi connectivity index (χ2v) is 18.9. The predicted molar refractivity (Wildman–Crippen MR) is 229 cm³/mol. The predicted octanol–water partition coefficient (Wildman–Crippen LogP) is 9.21. The van der Waals surface area contributed by atoms with E-state index in [0.29, 0.717) is 44.6 Å². The summed E-state index contributed by atoms with van der Waals surface area (Å²) in [7, 11) is 0. The monoisotopic (exact) mass is 777 g/mol. The van der Waals surface area contributed by atoms with Crippen LogP contribution in [-0.2, 0) is 17.9 Å². The van der Waals surface area contributed by atoms with Gasteiger partial charge in [-0.05, 0) is 84.5 Å². The topological polar surface area (TPSA) is 90.2 Å². The van der Waals surface area contributed by atoms with Crippen LogP contribution < -0.4 is 0 Å². The molecule has 6 aliphatic carbocycles. The summed E-state index contributed by atoms with van der Waals surface area (Å²) in [6.07, 6.45) is 11.4. The fourth-order valence-electron chi connectivity index (χ4n) is 12.9. The van der Waals surface area contributed by atoms with E-state index in [9.17, 15) is 15.3 Å². The molecule has 6 heteroatoms. The number of Topliss-reactive ketones (excluding diaryl/α,β-unsaturated/α-hetero) is 1. The van der Waals surface area contributed by atoms with Gasteiger partial charge in [-0.15, -0.1) is 0 Å². The number of carbonyl (C=O) groups excluding carboxylic acids is 1. The quantitative estimate of drug-likeness (QED) is 0.0927. The molecule has 0 radical (unpaired) electrons. The van der Waals surface area contributed by atoms with Gasteiger partial charge in [0, 0.05) is 47.0 Å². The summed E-state index contributed by atoms with van der Waals surface area (Å²) in [6.45, 7) is 6.73. The Bertz CT molecular complexity index is 2170. The Hall–Kier alpha value is -4.17. The first kappa shape index (κ1) is 39.3. The summed E-state index contributed by atoms with van der Waals surface area (Å²) in [5, 5.41) is 35.9. The van der Waals surface area contributed by atoms with Crippen LogP contribution in [0.5, 0.6) is 0 Å². The third kappa shape index (κ3) is 6.38. The molecule has 10 rings (SSSR count). The normalized spacial score (nSPS) is 33.9. The van der Waals surface area contributed by atoms with Crippen molar-refractivity contribution in [2.75, 3.05) is 19.7 Å². The molecule has 6 aliphatic rings. The highest BCUT2D eigenvalue weighted by molar-refractivity contribution is 6.14. The molecule has 2 spiro atoms. The highest BCUT2D eigenvalue weighted by Gasteiger charge is 2.74. The molecule has 3 N–H and O–H groups in total. The molecule has 0 saturated heterocycles. The number of nitrogens with zero attached hydrogens (tertiary/aromatic N) is 1. The van der Waals surface area contributed by atoms with E-state index in [0.717, 1.165) is 59.9 Å². The fraction of sp³-hybridized carbons (Fsp3) is 0.442. The Morgan fingerprint density at radius 3 is 2.14 bits per heavy atom. The van der Waals surface area contributed by atoms with E-state index >= 15 is 4.79 Å². The second-order valence-electron chi connectivity index (χ2n) is 18.9. The van der Waals surface area contributed by atoms with E-state index < -0.39 is 34.1 Å². The van der Waals surface area contributed by atoms with Crippen LogP contribution in [0.15, 0.2) is 139 Å². The van der Waals surface area contributed by atoms with Gasteiger partial charge >= 0.3 is 0 Å². The summed E-state index contributed by atoms with van der Waals surface area (Å²) in [5.74, 6) is 0.299. The van der Waals surface area contributed by atoms with Crippen LogP contribution >= 0.6 is 0 Å². The Kier molecular flexibility index (Phi) is 10.3. The van der Waals surface area contributed by atoms with E-state index in [-0.39, 0.29) is 29.6 Å². The molecule has 0 aliphatic heterocycles. The number of benzene rings is 4. The van der Waals surface area contributed by atoms with E-state index in [2.05, 4.69) is 67.3 Å². The molecule has 58 heavy (non-hydrogen) atoms. The van der Waals surface area contributed by atoms with Gasteiger partial charge in [-0.25, -0.2) is 0 Å². The number of ether oxygens (including phenoxy) is 1. The lowest BCUT2D eigenvalue weighted by Crippen LogP contribution is -2.67. The van der Waals surface area contributed by atoms with E-state index in [1.807, 2.05) is 84.9 Å². The van der Waals surface area contributed by atoms with Gasteiger partial charge < -0.3 is 20.1 Å². The molecule has 9 atom stereocenters. The number of aliphatic hydroxyl groups excluding tert-OH is 2. The van der Waals surface area contributed by atoms with E-state index in [4.69, 9.17) is 4.74 Å². The molecule has 3 fully saturated rings. The standard InChI is InChI=1S/C52H59NO5/c1-48-25-22-40(54)30-50(48)28-29-52(44(31-50)47(56)43-21-13-12-20-42(43)39-18-10-5-11-19-39)45(48)23-26-49(2)46(52)24-27-51(49,57)36-53(32-37-14-6-3-7-15-37)33-41(55)35-58-34-38-16-8-4-9-17-38/h3-21,28-29,31,40-41,45-46,54-55,57H,22-27,30,32-36H2,1-2H3. The van der Waals surface area contributed by atoms with Gasteiger partial charge in [-0.3, -0.25) is 9.69 Å². The van der Waals surface area contributed by atoms with Crippen LogP contribution in [0.2, 0.25) is 0 Å². The lowest BCUT2D eigenvalue weighted by molar-refractivity contribution is -0.177. The van der Waals surface area contributed by atoms with Crippen molar-refractivity contribution < 1.29 is 24.9 Å². The molecule has 0 aromatic heterocycles. The summed E-state index contributed by atoms with van der Waals surface area (Å²) in [6, 6.07) is 38.6. The van der Waals surface area contributed by atoms with Crippen LogP contribution in [0.25, 0.3) is 11.1 Å². The lowest BCUT2D eigenvalue weighted by atomic mass is 9.32. The molecule has 6 nitrogen and oxygen atoms in total. The minimum atomic E-state index is -1.06. The lowest BCUT2D eigenvalue weighted by Gasteiger charge is -2.71. The highest BCUT2D eigenvalue weighted by Crippen LogP contribution is 2.78. The molecule has 9 unspecified atom stereocenters. The average molecular weight is 778 g/mol. The molecule has 4 aromatic carbocycles. The molecule has 0 amide bonds. The average Bonchev–Trinajstić information content (AvgIpc) is 3.51. The van der Waals surface area contributed by atoms with Crippen LogP contribution in [-0.4, -0.2) is 63.5 Å². The van der Waals surface area contributed by atoms with Crippen molar-refractivity contribution in [3.8, 4) is 11.1 Å². The van der Waals surface area contributed by atoms with Gasteiger partial charge in [-0.2, -0.15) is 0 Å². The second kappa shape index (κ2) is 15.1. The van der Waals surface area contributed by atoms with E-state index in [1.54, 1.807) is 0 Å². The Labute approximate surface area is 344 Å². The Morgan fingerprint density at radius 2 is 1.40 bits per heavy atom. The molecule has 302 valence electrons. The number of hydrogen-bond acceptors (Lipinski definition) is 6. The SMILES string of the molecule is CC12CCC(O)CC13C=CC1(C(C(=O)c4ccccc4-c4ccccc4)=C3)C2CCC2(C)C1CCC2(O)CN(Cc1ccccc1)CC(O)COCc1ccccc1. The van der Waals surface area contributed by atoms with Gasteiger partial charge in [-0.1, -0.05) is 147 Å². The first-order valence-corrected chi connectivity index (χ1v) is 21.6. The summed E-state index contributed by atoms with van der Waals surface area (Å²) >= 11 is 0. The van der Waals surface area contributed by atoms with Crippen LogP contribution in [0.4, 0.5) is 0 Å². The maximum absolute atomic E-state index is 15.5. The van der Waals surface area contributed by atoms with E-state index in [1.165, 1.54) is 0 Å². The first-order chi connectivity index (χ1) is 28.0. The Balaban J connectivity index is 1.07. The van der Waals surface area contributed by atoms with Crippen molar-refractivity contribution in [1.29, 1.82) is 0 Å². The molecular formula is C52H59NO5. The minimum Gasteiger partial charge on any atom is -0.393 e. The number of rotatable bonds is 13. The molecule has 3 saturated carbocycles. The number of hydrogen-bond donors (Lipinski definition) is 3. The van der Waals surface area contributed by atoms with Gasteiger partial charge in [0.25, 0.3) is 0 Å². The maximum Gasteiger partial charge on any atom is 0.190 e. The fourth-order valence-corrected chi connectivity index (χ4v) is 12.9. The van der Waals surface area contributed by atoms with Crippen molar-refractivity contribution in [3.63, 3.8) is 0 Å². The zero-order valence-electron chi connectivity index (χ0n) is 34.1. The number of allylic oxidation sites excluding steroid dienone is 4. The molecule has 4 aromatic rings. The van der Waals surface area contributed by atoms with Crippen molar-refractivity contribution in [3.05, 3.63) is 156 Å². The highest BCUT2D eigenvalue weighted by atomic mass is 16.5. The largest absolute Gasteiger partial charge is 0.393 e. The molecular weight excluding hydrogens is 719 g/mol. The Morgan fingerprint density at radius 1 is 0.776 bits per heavy atom. The number of carbonyl (C=O) groups is 1. The third-order valence-electron chi connectivity index (χ3n) is 15.8. The number of ketones is 1. The zero-order valence-corrected chi connectivity index (χ0v) is 34.1. The minimum absolute atomic E-state index is 0.0266. The van der Waals surface area contributed by atoms with Crippen LogP contribution in [0, 0.1) is 33.5 Å². The van der Waals surface area contributed by atoms with Gasteiger partial charge in [0.15, 0.2) is 5.78 Å². The number of aliphatic hydroxyl groups is 3. The van der Waals surface area contributed by atoms with Crippen molar-refractivity contribution in [2.45, 2.75) is 89.8 Å². The van der Waals surface area contributed by atoms with Gasteiger partial charge in [0.2, 0.25) is 0 Å². The molecule has 2 bridgehead atoms. The smallest absolute Gasteiger partial charge is 0.190 e. The summed E-state index contributed by atoms with van der Waals surface area (Å²) < 4.78 is 5.99. The summed E-state index contributed by atoms with van der Waals surface area (Å²) in [4.78, 5) is 17.8. The summed E-state index contributed by atoms with van der Waals surface area (Å²) in [5.41, 5.74) is 3.07.